The van der Waals surface area contributed by atoms with Crippen molar-refractivity contribution in [3.63, 3.8) is 0 Å². The fourth-order valence-corrected chi connectivity index (χ4v) is 2.51. The summed E-state index contributed by atoms with van der Waals surface area (Å²) < 4.78 is 10.4. The van der Waals surface area contributed by atoms with Crippen molar-refractivity contribution in [1.29, 1.82) is 0 Å². The topological polar surface area (TPSA) is 80.4 Å². The number of piperidine rings is 1. The van der Waals surface area contributed by atoms with Gasteiger partial charge in [-0.25, -0.2) is 0 Å². The number of nitrogens with one attached hydrogen (secondary N) is 1. The first-order valence-electron chi connectivity index (χ1n) is 7.09. The van der Waals surface area contributed by atoms with Crippen LogP contribution in [-0.2, 0) is 12.0 Å². The summed E-state index contributed by atoms with van der Waals surface area (Å²) in [5.74, 6) is 1.70. The highest BCUT2D eigenvalue weighted by Crippen LogP contribution is 2.27. The highest BCUT2D eigenvalue weighted by atomic mass is 16.5. The Hall–Kier alpha value is -1.92. The van der Waals surface area contributed by atoms with Crippen molar-refractivity contribution in [1.82, 2.24) is 15.5 Å². The molecule has 0 spiro atoms. The minimum atomic E-state index is -1.04. The second kappa shape index (κ2) is 5.83. The van der Waals surface area contributed by atoms with Crippen molar-refractivity contribution in [2.24, 2.45) is 0 Å². The van der Waals surface area contributed by atoms with Gasteiger partial charge in [0.15, 0.2) is 11.4 Å². The summed E-state index contributed by atoms with van der Waals surface area (Å²) >= 11 is 0. The number of rotatable bonds is 4. The average Bonchev–Trinajstić information content (AvgIpc) is 2.98. The highest BCUT2D eigenvalue weighted by molar-refractivity contribution is 5.28. The molecule has 1 atom stereocenters. The Balaban J connectivity index is 1.72. The fourth-order valence-electron chi connectivity index (χ4n) is 2.51. The lowest BCUT2D eigenvalue weighted by Crippen LogP contribution is -2.43. The predicted molar refractivity (Wildman–Crippen MR) is 76.1 cm³/mol. The third kappa shape index (κ3) is 3.06. The quantitative estimate of drug-likeness (QED) is 0.881. The Morgan fingerprint density at radius 1 is 1.38 bits per heavy atom. The maximum Gasteiger partial charge on any atom is 0.259 e. The predicted octanol–water partition coefficient (Wildman–Crippen LogP) is 1.24. The van der Waals surface area contributed by atoms with Crippen LogP contribution in [0.1, 0.15) is 30.1 Å². The first-order chi connectivity index (χ1) is 10.2. The largest absolute Gasteiger partial charge is 0.497 e. The van der Waals surface area contributed by atoms with E-state index in [0.29, 0.717) is 31.1 Å². The lowest BCUT2D eigenvalue weighted by atomic mass is 9.94. The molecular formula is C15H19N3O3. The second-order valence-electron chi connectivity index (χ2n) is 5.35. The molecule has 0 amide bonds. The van der Waals surface area contributed by atoms with Crippen LogP contribution < -0.4 is 10.1 Å². The molecule has 3 rings (SSSR count). The summed E-state index contributed by atoms with van der Waals surface area (Å²) in [4.78, 5) is 4.34. The molecule has 0 saturated carbocycles. The number of β-amino-alcohol motifs (C(OH)–C–C–N with tert-alkyl or cyclic N) is 1. The van der Waals surface area contributed by atoms with E-state index in [1.807, 2.05) is 24.3 Å². The van der Waals surface area contributed by atoms with Crippen molar-refractivity contribution in [3.05, 3.63) is 41.5 Å². The van der Waals surface area contributed by atoms with Crippen LogP contribution in [0.4, 0.5) is 0 Å². The van der Waals surface area contributed by atoms with Gasteiger partial charge in [0.1, 0.15) is 5.75 Å². The van der Waals surface area contributed by atoms with Gasteiger partial charge >= 0.3 is 0 Å². The van der Waals surface area contributed by atoms with E-state index in [9.17, 15) is 5.11 Å². The molecule has 0 bridgehead atoms. The summed E-state index contributed by atoms with van der Waals surface area (Å²) in [7, 11) is 1.64. The minimum absolute atomic E-state index is 0.304. The number of methoxy groups -OCH3 is 1. The van der Waals surface area contributed by atoms with Crippen molar-refractivity contribution in [2.75, 3.05) is 20.2 Å². The Bertz CT molecular complexity index is 588. The number of ether oxygens (including phenoxy) is 1. The molecule has 2 N–H and O–H groups in total. The van der Waals surface area contributed by atoms with Crippen LogP contribution in [0.2, 0.25) is 0 Å². The molecular weight excluding hydrogens is 270 g/mol. The number of nitrogens with zero attached hydrogens (tertiary/aromatic N) is 2. The van der Waals surface area contributed by atoms with Crippen LogP contribution >= 0.6 is 0 Å². The zero-order valence-electron chi connectivity index (χ0n) is 12.0. The van der Waals surface area contributed by atoms with Gasteiger partial charge in [-0.2, -0.15) is 4.98 Å². The normalized spacial score (nSPS) is 22.2. The molecule has 112 valence electrons. The molecule has 1 aliphatic rings. The van der Waals surface area contributed by atoms with Gasteiger partial charge in [-0.1, -0.05) is 17.3 Å². The van der Waals surface area contributed by atoms with E-state index in [1.165, 1.54) is 0 Å². The van der Waals surface area contributed by atoms with E-state index in [0.717, 1.165) is 24.3 Å². The molecule has 1 aromatic carbocycles. The number of hydrogen-bond donors (Lipinski definition) is 2. The Kier molecular flexibility index (Phi) is 3.90. The first-order valence-corrected chi connectivity index (χ1v) is 7.09. The van der Waals surface area contributed by atoms with Gasteiger partial charge in [0.05, 0.1) is 7.11 Å². The van der Waals surface area contributed by atoms with Crippen LogP contribution in [0.25, 0.3) is 0 Å². The summed E-state index contributed by atoms with van der Waals surface area (Å²) in [6.45, 7) is 1.37. The fraction of sp³-hybridized carbons (Fsp3) is 0.467. The first kappa shape index (κ1) is 14.0. The average molecular weight is 289 g/mol. The number of aliphatic hydroxyl groups is 1. The molecule has 6 nitrogen and oxygen atoms in total. The van der Waals surface area contributed by atoms with Crippen molar-refractivity contribution in [2.45, 2.75) is 24.9 Å². The van der Waals surface area contributed by atoms with Crippen LogP contribution in [0.15, 0.2) is 28.8 Å². The monoisotopic (exact) mass is 289 g/mol. The molecule has 1 aromatic heterocycles. The summed E-state index contributed by atoms with van der Waals surface area (Å²) in [6, 6.07) is 7.72. The van der Waals surface area contributed by atoms with Gasteiger partial charge in [0.25, 0.3) is 5.89 Å². The summed E-state index contributed by atoms with van der Waals surface area (Å²) in [5.41, 5.74) is 0.0283. The molecule has 1 fully saturated rings. The zero-order valence-corrected chi connectivity index (χ0v) is 12.0. The minimum Gasteiger partial charge on any atom is -0.497 e. The number of aromatic nitrogens is 2. The molecule has 0 radical (unpaired) electrons. The molecule has 1 saturated heterocycles. The molecule has 1 unspecified atom stereocenters. The SMILES string of the molecule is COc1ccc(Cc2noc(C3(O)CCCNC3)n2)cc1. The van der Waals surface area contributed by atoms with E-state index >= 15 is 0 Å². The van der Waals surface area contributed by atoms with Crippen LogP contribution in [0.5, 0.6) is 5.75 Å². The van der Waals surface area contributed by atoms with E-state index in [2.05, 4.69) is 15.5 Å². The number of hydrogen-bond acceptors (Lipinski definition) is 6. The third-order valence-corrected chi connectivity index (χ3v) is 3.75. The second-order valence-corrected chi connectivity index (χ2v) is 5.35. The lowest BCUT2D eigenvalue weighted by molar-refractivity contribution is -0.0167. The maximum atomic E-state index is 10.5. The van der Waals surface area contributed by atoms with Crippen molar-refractivity contribution >= 4 is 0 Å². The Morgan fingerprint density at radius 3 is 2.86 bits per heavy atom. The van der Waals surface area contributed by atoms with Crippen LogP contribution in [0, 0.1) is 0 Å². The lowest BCUT2D eigenvalue weighted by Gasteiger charge is -2.28. The smallest absolute Gasteiger partial charge is 0.259 e. The summed E-state index contributed by atoms with van der Waals surface area (Å²) in [6.07, 6.45) is 2.11. The molecule has 1 aliphatic heterocycles. The van der Waals surface area contributed by atoms with E-state index in [1.54, 1.807) is 7.11 Å². The van der Waals surface area contributed by atoms with Crippen LogP contribution in [0.3, 0.4) is 0 Å². The van der Waals surface area contributed by atoms with E-state index in [-0.39, 0.29) is 0 Å². The molecule has 2 heterocycles. The van der Waals surface area contributed by atoms with Crippen molar-refractivity contribution in [3.8, 4) is 5.75 Å². The highest BCUT2D eigenvalue weighted by Gasteiger charge is 2.36. The van der Waals surface area contributed by atoms with E-state index < -0.39 is 5.60 Å². The van der Waals surface area contributed by atoms with E-state index in [4.69, 9.17) is 9.26 Å². The Labute approximate surface area is 123 Å². The van der Waals surface area contributed by atoms with Gasteiger partial charge in [-0.3, -0.25) is 0 Å². The maximum absolute atomic E-state index is 10.5. The van der Waals surface area contributed by atoms with Gasteiger partial charge < -0.3 is 19.7 Å². The van der Waals surface area contributed by atoms with Gasteiger partial charge in [0, 0.05) is 13.0 Å². The van der Waals surface area contributed by atoms with Crippen molar-refractivity contribution < 1.29 is 14.4 Å². The molecule has 21 heavy (non-hydrogen) atoms. The van der Waals surface area contributed by atoms with Crippen LogP contribution in [-0.4, -0.2) is 35.4 Å². The van der Waals surface area contributed by atoms with Gasteiger partial charge in [0.2, 0.25) is 0 Å². The molecule has 0 aliphatic carbocycles. The molecule has 2 aromatic rings. The standard InChI is InChI=1S/C15H19N3O3/c1-20-12-5-3-11(4-6-12)9-13-17-14(21-18-13)15(19)7-2-8-16-10-15/h3-6,16,19H,2,7-10H2,1H3. The number of benzene rings is 1. The molecule has 6 heteroatoms. The van der Waals surface area contributed by atoms with Gasteiger partial charge in [-0.05, 0) is 37.1 Å². The summed E-state index contributed by atoms with van der Waals surface area (Å²) in [5, 5.41) is 17.6. The third-order valence-electron chi connectivity index (χ3n) is 3.75. The Morgan fingerprint density at radius 2 is 2.19 bits per heavy atom. The van der Waals surface area contributed by atoms with Gasteiger partial charge in [-0.15, -0.1) is 0 Å². The zero-order chi connectivity index (χ0) is 14.7.